The number of furan rings is 1. The molecule has 3 atom stereocenters. The standard InChI is InChI=1S/C54H65NO12SSi/c1-53(2,3)69(44-27-15-9-16-28-44,45-29-17-10-18-30-45)65-33-21-26-42-34-46-47(35-49(57)61-4)54(52(58)62-5,36-43(67-68(6,59)60)39-64-38-41-24-13-8-14-25-41)51(50(46)66-42)55-48(56)31-19-20-32-63-37-40-22-11-7-12-23-40/h7-18,22-25,27-30,34-35,43,51H,19-21,26,31-33,36-39H2,1-6H3,(H,55,56)/b47-35+/t43-,51-,54-/m1/s1. The molecule has 0 bridgehead atoms. The minimum atomic E-state index is -4.15. The zero-order valence-electron chi connectivity index (χ0n) is 40.4. The number of fused-ring (bicyclic) bond motifs is 1. The van der Waals surface area contributed by atoms with Crippen LogP contribution in [0.2, 0.25) is 5.04 Å². The third-order valence-electron chi connectivity index (χ3n) is 12.3. The number of amides is 1. The summed E-state index contributed by atoms with van der Waals surface area (Å²) in [6.45, 7) is 7.72. The second-order valence-electron chi connectivity index (χ2n) is 18.3. The normalized spacial score (nSPS) is 17.0. The lowest BCUT2D eigenvalue weighted by Crippen LogP contribution is -2.66. The Hall–Kier alpha value is -5.68. The van der Waals surface area contributed by atoms with Crippen molar-refractivity contribution in [2.75, 3.05) is 40.3 Å². The van der Waals surface area contributed by atoms with Gasteiger partial charge in [-0.05, 0) is 63.9 Å². The van der Waals surface area contributed by atoms with Gasteiger partial charge in [0.15, 0.2) is 0 Å². The highest BCUT2D eigenvalue weighted by molar-refractivity contribution is 7.86. The van der Waals surface area contributed by atoms with Gasteiger partial charge in [-0.15, -0.1) is 0 Å². The quantitative estimate of drug-likeness (QED) is 0.0197. The van der Waals surface area contributed by atoms with Gasteiger partial charge < -0.3 is 33.1 Å². The third-order valence-corrected chi connectivity index (χ3v) is 18.0. The van der Waals surface area contributed by atoms with Crippen LogP contribution in [0.15, 0.2) is 138 Å². The number of aryl methyl sites for hydroxylation is 1. The van der Waals surface area contributed by atoms with Crippen LogP contribution in [-0.4, -0.2) is 81.0 Å². The maximum Gasteiger partial charge on any atom is 0.330 e. The van der Waals surface area contributed by atoms with Crippen LogP contribution < -0.4 is 15.7 Å². The van der Waals surface area contributed by atoms with E-state index in [2.05, 4.69) is 50.4 Å². The van der Waals surface area contributed by atoms with E-state index < -0.39 is 60.3 Å². The van der Waals surface area contributed by atoms with Crippen molar-refractivity contribution in [1.82, 2.24) is 5.32 Å². The summed E-state index contributed by atoms with van der Waals surface area (Å²) in [5.41, 5.74) is 0.374. The van der Waals surface area contributed by atoms with Gasteiger partial charge in [-0.2, -0.15) is 8.42 Å². The molecular weight excluding hydrogens is 915 g/mol. The van der Waals surface area contributed by atoms with Gasteiger partial charge >= 0.3 is 11.9 Å². The van der Waals surface area contributed by atoms with Crippen molar-refractivity contribution in [3.05, 3.63) is 162 Å². The summed E-state index contributed by atoms with van der Waals surface area (Å²) in [5.74, 6) is -1.37. The lowest BCUT2D eigenvalue weighted by Gasteiger charge is -2.43. The van der Waals surface area contributed by atoms with Gasteiger partial charge in [0.1, 0.15) is 29.1 Å². The fourth-order valence-electron chi connectivity index (χ4n) is 9.25. The van der Waals surface area contributed by atoms with Crippen molar-refractivity contribution < 1.29 is 54.8 Å². The fraction of sp³-hybridized carbons (Fsp3) is 0.389. The molecule has 0 unspecified atom stereocenters. The van der Waals surface area contributed by atoms with Crippen LogP contribution in [-0.2, 0) is 71.7 Å². The average molecular weight is 980 g/mol. The lowest BCUT2D eigenvalue weighted by molar-refractivity contribution is -0.153. The molecule has 0 spiro atoms. The van der Waals surface area contributed by atoms with Gasteiger partial charge in [0.05, 0.1) is 40.3 Å². The number of hydrogen-bond donors (Lipinski definition) is 1. The molecule has 368 valence electrons. The van der Waals surface area contributed by atoms with Crippen molar-refractivity contribution in [2.45, 2.75) is 89.7 Å². The second kappa shape index (κ2) is 24.2. The summed E-state index contributed by atoms with van der Waals surface area (Å²) < 4.78 is 67.6. The van der Waals surface area contributed by atoms with Crippen LogP contribution in [0.5, 0.6) is 0 Å². The highest BCUT2D eigenvalue weighted by Crippen LogP contribution is 2.58. The van der Waals surface area contributed by atoms with E-state index in [1.54, 1.807) is 6.07 Å². The predicted octanol–water partition coefficient (Wildman–Crippen LogP) is 8.01. The molecule has 15 heteroatoms. The van der Waals surface area contributed by atoms with E-state index in [9.17, 15) is 22.8 Å². The minimum Gasteiger partial charge on any atom is -0.468 e. The zero-order chi connectivity index (χ0) is 49.5. The first-order valence-corrected chi connectivity index (χ1v) is 27.0. The molecule has 4 aromatic carbocycles. The number of carbonyl (C=O) groups excluding carboxylic acids is 3. The molecule has 0 aliphatic heterocycles. The molecule has 5 aromatic rings. The van der Waals surface area contributed by atoms with Crippen molar-refractivity contribution in [2.24, 2.45) is 5.41 Å². The molecule has 1 aliphatic rings. The smallest absolute Gasteiger partial charge is 0.330 e. The topological polar surface area (TPSA) is 166 Å². The van der Waals surface area contributed by atoms with Crippen LogP contribution >= 0.6 is 0 Å². The number of ether oxygens (including phenoxy) is 4. The Kier molecular flexibility index (Phi) is 18.5. The molecule has 13 nitrogen and oxygen atoms in total. The van der Waals surface area contributed by atoms with Crippen LogP contribution in [0, 0.1) is 5.41 Å². The van der Waals surface area contributed by atoms with Crippen LogP contribution in [0.1, 0.15) is 87.1 Å². The summed E-state index contributed by atoms with van der Waals surface area (Å²) in [4.78, 5) is 42.1. The third kappa shape index (κ3) is 13.4. The lowest BCUT2D eigenvalue weighted by atomic mass is 9.72. The molecule has 69 heavy (non-hydrogen) atoms. The van der Waals surface area contributed by atoms with Crippen LogP contribution in [0.25, 0.3) is 5.57 Å². The maximum atomic E-state index is 14.6. The Morgan fingerprint density at radius 3 is 1.87 bits per heavy atom. The van der Waals surface area contributed by atoms with Gasteiger partial charge in [-0.25, -0.2) is 4.79 Å². The van der Waals surface area contributed by atoms with Crippen molar-refractivity contribution in [3.63, 3.8) is 0 Å². The summed E-state index contributed by atoms with van der Waals surface area (Å²) >= 11 is 0. The molecule has 1 heterocycles. The van der Waals surface area contributed by atoms with E-state index in [0.29, 0.717) is 56.8 Å². The Morgan fingerprint density at radius 1 is 0.768 bits per heavy atom. The van der Waals surface area contributed by atoms with Crippen LogP contribution in [0.3, 0.4) is 0 Å². The Balaban J connectivity index is 1.32. The van der Waals surface area contributed by atoms with Gasteiger partial charge in [0.25, 0.3) is 18.4 Å². The summed E-state index contributed by atoms with van der Waals surface area (Å²) in [6.07, 6.45) is 2.40. The monoisotopic (exact) mass is 979 g/mol. The fourth-order valence-corrected chi connectivity index (χ4v) is 14.5. The van der Waals surface area contributed by atoms with E-state index >= 15 is 0 Å². The molecule has 1 aliphatic carbocycles. The first-order chi connectivity index (χ1) is 33.1. The van der Waals surface area contributed by atoms with E-state index in [0.717, 1.165) is 27.8 Å². The van der Waals surface area contributed by atoms with E-state index in [4.69, 9.17) is 32.0 Å². The van der Waals surface area contributed by atoms with E-state index in [1.165, 1.54) is 20.3 Å². The number of unbranched alkanes of at least 4 members (excludes halogenated alkanes) is 1. The summed E-state index contributed by atoms with van der Waals surface area (Å²) in [6, 6.07) is 40.2. The van der Waals surface area contributed by atoms with Gasteiger partial charge in [0.2, 0.25) is 5.91 Å². The molecule has 1 amide bonds. The predicted molar refractivity (Wildman–Crippen MR) is 266 cm³/mol. The highest BCUT2D eigenvalue weighted by atomic mass is 32.2. The Labute approximate surface area is 407 Å². The zero-order valence-corrected chi connectivity index (χ0v) is 42.3. The number of esters is 2. The van der Waals surface area contributed by atoms with Gasteiger partial charge in [-0.1, -0.05) is 142 Å². The number of nitrogens with one attached hydrogen (secondary N) is 1. The maximum absolute atomic E-state index is 14.6. The molecule has 0 saturated heterocycles. The van der Waals surface area contributed by atoms with Crippen molar-refractivity contribution >= 4 is 52.2 Å². The second-order valence-corrected chi connectivity index (χ2v) is 24.2. The highest BCUT2D eigenvalue weighted by Gasteiger charge is 2.60. The summed E-state index contributed by atoms with van der Waals surface area (Å²) in [7, 11) is -4.60. The van der Waals surface area contributed by atoms with Gasteiger partial charge in [0, 0.05) is 37.7 Å². The van der Waals surface area contributed by atoms with Crippen molar-refractivity contribution in [3.8, 4) is 0 Å². The van der Waals surface area contributed by atoms with Gasteiger partial charge in [-0.3, -0.25) is 13.8 Å². The van der Waals surface area contributed by atoms with Crippen molar-refractivity contribution in [1.29, 1.82) is 0 Å². The molecule has 6 rings (SSSR count). The molecule has 0 radical (unpaired) electrons. The average Bonchev–Trinajstić information content (AvgIpc) is 3.85. The van der Waals surface area contributed by atoms with Crippen LogP contribution in [0.4, 0.5) is 0 Å². The molecular formula is C54H65NO12SSi. The molecule has 1 N–H and O–H groups in total. The number of carbonyl (C=O) groups is 3. The summed E-state index contributed by atoms with van der Waals surface area (Å²) in [5, 5.41) is 5.12. The molecule has 1 aromatic heterocycles. The Bertz CT molecular complexity index is 2540. The first kappa shape index (κ1) is 52.7. The van der Waals surface area contributed by atoms with E-state index in [1.807, 2.05) is 97.1 Å². The number of hydrogen-bond acceptors (Lipinski definition) is 12. The molecule has 0 fully saturated rings. The molecule has 0 saturated carbocycles. The largest absolute Gasteiger partial charge is 0.468 e. The number of methoxy groups -OCH3 is 2. The first-order valence-electron chi connectivity index (χ1n) is 23.3. The Morgan fingerprint density at radius 2 is 1.33 bits per heavy atom. The minimum absolute atomic E-state index is 0.0600. The SMILES string of the molecule is COC(=O)/C=C1\c2cc(CCCO[Si](c3ccccc3)(c3ccccc3)C(C)(C)C)oc2[C@@H](NC(=O)CCCCOCc2ccccc2)[C@]1(C[C@H](COCc1ccccc1)OS(C)(=O)=O)C(=O)OC. The number of rotatable bonds is 25. The van der Waals surface area contributed by atoms with E-state index in [-0.39, 0.29) is 36.0 Å². The number of benzene rings is 4.